The Morgan fingerprint density at radius 3 is 3.08 bits per heavy atom. The third kappa shape index (κ3) is 3.06. The van der Waals surface area contributed by atoms with Crippen molar-refractivity contribution < 1.29 is 4.79 Å². The van der Waals surface area contributed by atoms with Crippen molar-refractivity contribution in [3.63, 3.8) is 0 Å². The van der Waals surface area contributed by atoms with E-state index in [1.165, 1.54) is 11.8 Å². The van der Waals surface area contributed by atoms with E-state index in [1.807, 2.05) is 19.1 Å². The van der Waals surface area contributed by atoms with Gasteiger partial charge in [-0.1, -0.05) is 17.8 Å². The van der Waals surface area contributed by atoms with Crippen LogP contribution in [0.5, 0.6) is 0 Å². The van der Waals surface area contributed by atoms with E-state index >= 15 is 0 Å². The van der Waals surface area contributed by atoms with Gasteiger partial charge in [0.2, 0.25) is 5.91 Å². The van der Waals surface area contributed by atoms with Gasteiger partial charge in [0.05, 0.1) is 10.8 Å². The van der Waals surface area contributed by atoms with Crippen LogP contribution < -0.4 is 5.32 Å². The van der Waals surface area contributed by atoms with E-state index in [-0.39, 0.29) is 5.91 Å². The summed E-state index contributed by atoms with van der Waals surface area (Å²) in [5.41, 5.74) is 1.11. The number of hydrogen-bond donors (Lipinski definition) is 1. The number of aromatic nitrogens is 1. The number of hydrogen-bond acceptors (Lipinski definition) is 3. The quantitative estimate of drug-likeness (QED) is 0.739. The first-order valence-corrected chi connectivity index (χ1v) is 4.97. The molecule has 0 radical (unpaired) electrons. The number of carbonyl (C=O) groups is 1. The number of rotatable bonds is 3. The number of amides is 1. The molecule has 4 heteroatoms. The van der Waals surface area contributed by atoms with E-state index in [4.69, 9.17) is 0 Å². The third-order valence-electron chi connectivity index (χ3n) is 1.58. The van der Waals surface area contributed by atoms with Crippen LogP contribution >= 0.6 is 11.8 Å². The smallest absolute Gasteiger partial charge is 0.230 e. The highest BCUT2D eigenvalue weighted by molar-refractivity contribution is 7.99. The molecule has 0 aromatic carbocycles. The first kappa shape index (κ1) is 10.1. The van der Waals surface area contributed by atoms with Gasteiger partial charge < -0.3 is 5.32 Å². The third-order valence-corrected chi connectivity index (χ3v) is 2.69. The molecule has 0 atom stereocenters. The van der Waals surface area contributed by atoms with E-state index in [1.54, 1.807) is 13.2 Å². The Morgan fingerprint density at radius 2 is 2.46 bits per heavy atom. The minimum atomic E-state index is 0.0232. The number of nitrogens with zero attached hydrogens (tertiary/aromatic N) is 1. The average molecular weight is 196 g/mol. The van der Waals surface area contributed by atoms with E-state index in [0.29, 0.717) is 5.75 Å². The molecule has 1 rings (SSSR count). The lowest BCUT2D eigenvalue weighted by molar-refractivity contribution is -0.118. The first-order chi connectivity index (χ1) is 6.24. The summed E-state index contributed by atoms with van der Waals surface area (Å²) < 4.78 is 0. The SMILES string of the molecule is CNC(=O)CSc1ncccc1C. The van der Waals surface area contributed by atoms with Gasteiger partial charge in [0.15, 0.2) is 0 Å². The fourth-order valence-corrected chi connectivity index (χ4v) is 1.67. The molecule has 13 heavy (non-hydrogen) atoms. The van der Waals surface area contributed by atoms with Crippen molar-refractivity contribution in [1.29, 1.82) is 0 Å². The number of pyridine rings is 1. The molecule has 70 valence electrons. The van der Waals surface area contributed by atoms with E-state index in [9.17, 15) is 4.79 Å². The summed E-state index contributed by atoms with van der Waals surface area (Å²) in [5, 5.41) is 3.49. The summed E-state index contributed by atoms with van der Waals surface area (Å²) in [6.45, 7) is 1.99. The van der Waals surface area contributed by atoms with Crippen molar-refractivity contribution in [2.24, 2.45) is 0 Å². The van der Waals surface area contributed by atoms with Crippen LogP contribution in [0.15, 0.2) is 23.4 Å². The maximum atomic E-state index is 10.9. The standard InChI is InChI=1S/C9H12N2OS/c1-7-4-3-5-11-9(7)13-6-8(12)10-2/h3-5H,6H2,1-2H3,(H,10,12). The largest absolute Gasteiger partial charge is 0.358 e. The maximum absolute atomic E-state index is 10.9. The van der Waals surface area contributed by atoms with Crippen molar-refractivity contribution in [2.45, 2.75) is 11.9 Å². The number of aryl methyl sites for hydroxylation is 1. The molecule has 0 unspecified atom stereocenters. The van der Waals surface area contributed by atoms with E-state index in [2.05, 4.69) is 10.3 Å². The van der Waals surface area contributed by atoms with Crippen molar-refractivity contribution in [1.82, 2.24) is 10.3 Å². The van der Waals surface area contributed by atoms with Gasteiger partial charge in [-0.25, -0.2) is 4.98 Å². The van der Waals surface area contributed by atoms with Crippen LogP contribution in [0.2, 0.25) is 0 Å². The molecule has 0 aliphatic heterocycles. The minimum Gasteiger partial charge on any atom is -0.358 e. The molecule has 0 spiro atoms. The number of carbonyl (C=O) groups excluding carboxylic acids is 1. The Hall–Kier alpha value is -1.03. The van der Waals surface area contributed by atoms with Crippen LogP contribution in [-0.4, -0.2) is 23.7 Å². The molecular formula is C9H12N2OS. The fraction of sp³-hybridized carbons (Fsp3) is 0.333. The van der Waals surface area contributed by atoms with Crippen LogP contribution in [0.4, 0.5) is 0 Å². The summed E-state index contributed by atoms with van der Waals surface area (Å²) in [6, 6.07) is 3.87. The summed E-state index contributed by atoms with van der Waals surface area (Å²) in [5.74, 6) is 0.448. The maximum Gasteiger partial charge on any atom is 0.230 e. The summed E-state index contributed by atoms with van der Waals surface area (Å²) in [4.78, 5) is 15.1. The van der Waals surface area contributed by atoms with Crippen LogP contribution in [0.1, 0.15) is 5.56 Å². The Bertz CT molecular complexity index is 301. The predicted octanol–water partition coefficient (Wildman–Crippen LogP) is 1.23. The van der Waals surface area contributed by atoms with Gasteiger partial charge in [-0.05, 0) is 18.6 Å². The van der Waals surface area contributed by atoms with Gasteiger partial charge in [-0.3, -0.25) is 4.79 Å². The lowest BCUT2D eigenvalue weighted by atomic mass is 10.3. The second kappa shape index (κ2) is 4.87. The second-order valence-electron chi connectivity index (χ2n) is 2.59. The molecule has 0 aliphatic rings. The van der Waals surface area contributed by atoms with Gasteiger partial charge in [0.25, 0.3) is 0 Å². The predicted molar refractivity (Wildman–Crippen MR) is 53.8 cm³/mol. The monoisotopic (exact) mass is 196 g/mol. The van der Waals surface area contributed by atoms with E-state index < -0.39 is 0 Å². The summed E-state index contributed by atoms with van der Waals surface area (Å²) >= 11 is 1.46. The normalized spacial score (nSPS) is 9.69. The van der Waals surface area contributed by atoms with Crippen LogP contribution in [-0.2, 0) is 4.79 Å². The van der Waals surface area contributed by atoms with E-state index in [0.717, 1.165) is 10.6 Å². The fourth-order valence-electron chi connectivity index (χ4n) is 0.828. The Balaban J connectivity index is 2.54. The zero-order chi connectivity index (χ0) is 9.68. The Morgan fingerprint density at radius 1 is 1.69 bits per heavy atom. The van der Waals surface area contributed by atoms with Crippen molar-refractivity contribution in [2.75, 3.05) is 12.8 Å². The molecule has 1 N–H and O–H groups in total. The summed E-state index contributed by atoms with van der Waals surface area (Å²) in [7, 11) is 1.63. The molecule has 0 aliphatic carbocycles. The van der Waals surface area contributed by atoms with Gasteiger partial charge in [-0.15, -0.1) is 0 Å². The molecule has 1 aromatic rings. The van der Waals surface area contributed by atoms with Crippen molar-refractivity contribution in [3.05, 3.63) is 23.9 Å². The molecule has 0 saturated carbocycles. The average Bonchev–Trinajstić information content (AvgIpc) is 2.16. The lowest BCUT2D eigenvalue weighted by Gasteiger charge is -2.02. The molecule has 0 saturated heterocycles. The molecule has 1 aromatic heterocycles. The highest BCUT2D eigenvalue weighted by Crippen LogP contribution is 2.18. The first-order valence-electron chi connectivity index (χ1n) is 3.99. The Labute approximate surface area is 81.9 Å². The number of nitrogens with one attached hydrogen (secondary N) is 1. The minimum absolute atomic E-state index is 0.0232. The van der Waals surface area contributed by atoms with Crippen LogP contribution in [0.3, 0.4) is 0 Å². The zero-order valence-electron chi connectivity index (χ0n) is 7.70. The van der Waals surface area contributed by atoms with Gasteiger partial charge in [0.1, 0.15) is 0 Å². The molecule has 1 amide bonds. The zero-order valence-corrected chi connectivity index (χ0v) is 8.52. The number of thioether (sulfide) groups is 1. The van der Waals surface area contributed by atoms with Gasteiger partial charge in [0, 0.05) is 13.2 Å². The highest BCUT2D eigenvalue weighted by Gasteiger charge is 2.02. The molecule has 0 fully saturated rings. The lowest BCUT2D eigenvalue weighted by Crippen LogP contribution is -2.19. The molecule has 0 bridgehead atoms. The molecule has 3 nitrogen and oxygen atoms in total. The Kier molecular flexibility index (Phi) is 3.76. The molecular weight excluding hydrogens is 184 g/mol. The van der Waals surface area contributed by atoms with Crippen molar-refractivity contribution >= 4 is 17.7 Å². The van der Waals surface area contributed by atoms with Gasteiger partial charge >= 0.3 is 0 Å². The molecule has 1 heterocycles. The summed E-state index contributed by atoms with van der Waals surface area (Å²) in [6.07, 6.45) is 1.74. The van der Waals surface area contributed by atoms with Crippen LogP contribution in [0, 0.1) is 6.92 Å². The highest BCUT2D eigenvalue weighted by atomic mass is 32.2. The van der Waals surface area contributed by atoms with Crippen molar-refractivity contribution in [3.8, 4) is 0 Å². The second-order valence-corrected chi connectivity index (χ2v) is 3.55. The topological polar surface area (TPSA) is 42.0 Å². The van der Waals surface area contributed by atoms with Gasteiger partial charge in [-0.2, -0.15) is 0 Å². The van der Waals surface area contributed by atoms with Crippen LogP contribution in [0.25, 0.3) is 0 Å².